The average Bonchev–Trinajstić information content (AvgIpc) is 3.22. The molecular formula is C19H17N5S. The van der Waals surface area contributed by atoms with Gasteiger partial charge in [-0.3, -0.25) is 4.98 Å². The van der Waals surface area contributed by atoms with Crippen molar-refractivity contribution in [3.05, 3.63) is 79.3 Å². The number of aromatic nitrogens is 4. The lowest BCUT2D eigenvalue weighted by Gasteiger charge is -2.19. The predicted molar refractivity (Wildman–Crippen MR) is 102 cm³/mol. The molecule has 0 atom stereocenters. The van der Waals surface area contributed by atoms with Crippen LogP contribution in [0, 0.1) is 0 Å². The van der Waals surface area contributed by atoms with Crippen molar-refractivity contribution >= 4 is 21.4 Å². The summed E-state index contributed by atoms with van der Waals surface area (Å²) in [5, 5.41) is 5.64. The molecule has 0 fully saturated rings. The standard InChI is InChI=1S/C19H17N5S/c1-2-11-23(13-15-7-4-3-5-8-15)19-22-24-14-17(21-18(24)25-19)16-9-6-10-20-12-16/h2-10,12,14H,1,11,13H2. The van der Waals surface area contributed by atoms with Crippen molar-refractivity contribution in [2.24, 2.45) is 0 Å². The van der Waals surface area contributed by atoms with E-state index < -0.39 is 0 Å². The van der Waals surface area contributed by atoms with E-state index in [-0.39, 0.29) is 0 Å². The molecule has 0 bridgehead atoms. The van der Waals surface area contributed by atoms with Crippen molar-refractivity contribution in [3.63, 3.8) is 0 Å². The van der Waals surface area contributed by atoms with Crippen LogP contribution in [0.3, 0.4) is 0 Å². The summed E-state index contributed by atoms with van der Waals surface area (Å²) in [7, 11) is 0. The molecule has 0 saturated carbocycles. The molecule has 1 aromatic carbocycles. The van der Waals surface area contributed by atoms with Gasteiger partial charge in [-0.15, -0.1) is 11.7 Å². The van der Waals surface area contributed by atoms with Gasteiger partial charge < -0.3 is 4.90 Å². The number of pyridine rings is 1. The normalized spacial score (nSPS) is 10.9. The van der Waals surface area contributed by atoms with Crippen molar-refractivity contribution in [1.82, 2.24) is 19.6 Å². The van der Waals surface area contributed by atoms with Gasteiger partial charge in [-0.1, -0.05) is 47.7 Å². The van der Waals surface area contributed by atoms with Gasteiger partial charge >= 0.3 is 0 Å². The predicted octanol–water partition coefficient (Wildman–Crippen LogP) is 4.05. The maximum Gasteiger partial charge on any atom is 0.214 e. The van der Waals surface area contributed by atoms with Crippen molar-refractivity contribution in [3.8, 4) is 11.3 Å². The topological polar surface area (TPSA) is 46.3 Å². The molecule has 0 saturated heterocycles. The van der Waals surface area contributed by atoms with E-state index >= 15 is 0 Å². The third-order valence-electron chi connectivity index (χ3n) is 3.83. The van der Waals surface area contributed by atoms with Gasteiger partial charge in [0.25, 0.3) is 0 Å². The highest BCUT2D eigenvalue weighted by molar-refractivity contribution is 7.20. The largest absolute Gasteiger partial charge is 0.339 e. The number of benzene rings is 1. The van der Waals surface area contributed by atoms with Crippen molar-refractivity contribution in [1.29, 1.82) is 0 Å². The van der Waals surface area contributed by atoms with E-state index in [2.05, 4.69) is 45.7 Å². The number of imidazole rings is 1. The maximum absolute atomic E-state index is 4.70. The molecule has 0 unspecified atom stereocenters. The minimum Gasteiger partial charge on any atom is -0.339 e. The summed E-state index contributed by atoms with van der Waals surface area (Å²) in [6, 6.07) is 14.3. The molecule has 25 heavy (non-hydrogen) atoms. The van der Waals surface area contributed by atoms with Crippen LogP contribution in [-0.4, -0.2) is 26.1 Å². The highest BCUT2D eigenvalue weighted by Gasteiger charge is 2.14. The molecular weight excluding hydrogens is 330 g/mol. The summed E-state index contributed by atoms with van der Waals surface area (Å²) in [5.74, 6) is 0. The molecule has 0 radical (unpaired) electrons. The first-order chi connectivity index (χ1) is 12.3. The second kappa shape index (κ2) is 6.86. The van der Waals surface area contributed by atoms with Gasteiger partial charge in [-0.2, -0.15) is 0 Å². The summed E-state index contributed by atoms with van der Waals surface area (Å²) in [5.41, 5.74) is 3.12. The molecule has 6 heteroatoms. The Kier molecular flexibility index (Phi) is 4.26. The molecule has 0 aliphatic rings. The molecule has 4 rings (SSSR count). The van der Waals surface area contributed by atoms with Crippen LogP contribution in [0.25, 0.3) is 16.2 Å². The van der Waals surface area contributed by atoms with E-state index in [0.717, 1.165) is 34.4 Å². The van der Waals surface area contributed by atoms with Crippen LogP contribution in [0.5, 0.6) is 0 Å². The zero-order valence-corrected chi connectivity index (χ0v) is 14.4. The minimum atomic E-state index is 0.737. The Morgan fingerprint density at radius 1 is 1.16 bits per heavy atom. The summed E-state index contributed by atoms with van der Waals surface area (Å²) in [4.78, 5) is 11.9. The van der Waals surface area contributed by atoms with Crippen LogP contribution >= 0.6 is 11.3 Å². The summed E-state index contributed by atoms with van der Waals surface area (Å²) < 4.78 is 1.84. The lowest BCUT2D eigenvalue weighted by atomic mass is 10.2. The van der Waals surface area contributed by atoms with Gasteiger partial charge in [-0.25, -0.2) is 9.50 Å². The lowest BCUT2D eigenvalue weighted by Crippen LogP contribution is -2.22. The zero-order valence-electron chi connectivity index (χ0n) is 13.6. The number of anilines is 1. The van der Waals surface area contributed by atoms with Gasteiger partial charge in [0.05, 0.1) is 11.9 Å². The second-order valence-electron chi connectivity index (χ2n) is 5.63. The number of hydrogen-bond donors (Lipinski definition) is 0. The lowest BCUT2D eigenvalue weighted by molar-refractivity contribution is 0.832. The SMILES string of the molecule is C=CCN(Cc1ccccc1)c1nn2cc(-c3cccnc3)nc2s1. The van der Waals surface area contributed by atoms with Crippen LogP contribution in [-0.2, 0) is 6.54 Å². The van der Waals surface area contributed by atoms with Gasteiger partial charge in [0, 0.05) is 31.0 Å². The molecule has 0 aliphatic heterocycles. The van der Waals surface area contributed by atoms with Crippen LogP contribution in [0.2, 0.25) is 0 Å². The Labute approximate surface area is 149 Å². The fourth-order valence-electron chi connectivity index (χ4n) is 2.64. The van der Waals surface area contributed by atoms with Crippen molar-refractivity contribution < 1.29 is 0 Å². The van der Waals surface area contributed by atoms with E-state index in [9.17, 15) is 0 Å². The fourth-order valence-corrected chi connectivity index (χ4v) is 3.53. The van der Waals surface area contributed by atoms with Gasteiger partial charge in [0.1, 0.15) is 0 Å². The third-order valence-corrected chi connectivity index (χ3v) is 4.81. The average molecular weight is 347 g/mol. The minimum absolute atomic E-state index is 0.737. The Bertz CT molecular complexity index is 943. The first-order valence-corrected chi connectivity index (χ1v) is 8.81. The van der Waals surface area contributed by atoms with Crippen LogP contribution in [0.4, 0.5) is 5.13 Å². The Balaban J connectivity index is 1.63. The van der Waals surface area contributed by atoms with E-state index in [1.807, 2.05) is 41.2 Å². The quantitative estimate of drug-likeness (QED) is 0.494. The Morgan fingerprint density at radius 2 is 2.04 bits per heavy atom. The smallest absolute Gasteiger partial charge is 0.214 e. The van der Waals surface area contributed by atoms with E-state index in [1.54, 1.807) is 17.5 Å². The van der Waals surface area contributed by atoms with E-state index in [4.69, 9.17) is 5.10 Å². The first-order valence-electron chi connectivity index (χ1n) is 8.00. The first kappa shape index (κ1) is 15.5. The van der Waals surface area contributed by atoms with Gasteiger partial charge in [0.2, 0.25) is 10.1 Å². The maximum atomic E-state index is 4.70. The number of rotatable bonds is 6. The molecule has 0 spiro atoms. The number of hydrogen-bond acceptors (Lipinski definition) is 5. The second-order valence-corrected chi connectivity index (χ2v) is 6.57. The van der Waals surface area contributed by atoms with Crippen LogP contribution in [0.1, 0.15) is 5.56 Å². The molecule has 0 aliphatic carbocycles. The third kappa shape index (κ3) is 3.29. The number of fused-ring (bicyclic) bond motifs is 1. The highest BCUT2D eigenvalue weighted by Crippen LogP contribution is 2.27. The Hall–Kier alpha value is -2.99. The molecule has 0 N–H and O–H groups in total. The summed E-state index contributed by atoms with van der Waals surface area (Å²) >= 11 is 1.58. The molecule has 0 amide bonds. The fraction of sp³-hybridized carbons (Fsp3) is 0.105. The Morgan fingerprint density at radius 3 is 2.76 bits per heavy atom. The zero-order chi connectivity index (χ0) is 17.1. The summed E-state index contributed by atoms with van der Waals surface area (Å²) in [6.45, 7) is 5.40. The van der Waals surface area contributed by atoms with Crippen LogP contribution in [0.15, 0.2) is 73.7 Å². The molecule has 3 heterocycles. The van der Waals surface area contributed by atoms with E-state index in [0.29, 0.717) is 0 Å². The van der Waals surface area contributed by atoms with Gasteiger partial charge in [-0.05, 0) is 17.7 Å². The molecule has 3 aromatic heterocycles. The number of nitrogens with zero attached hydrogens (tertiary/aromatic N) is 5. The summed E-state index contributed by atoms with van der Waals surface area (Å²) in [6.07, 6.45) is 7.41. The molecule has 124 valence electrons. The van der Waals surface area contributed by atoms with Crippen molar-refractivity contribution in [2.45, 2.75) is 6.54 Å². The highest BCUT2D eigenvalue weighted by atomic mass is 32.1. The van der Waals surface area contributed by atoms with E-state index in [1.165, 1.54) is 5.56 Å². The monoisotopic (exact) mass is 347 g/mol. The molecule has 5 nitrogen and oxygen atoms in total. The van der Waals surface area contributed by atoms with Crippen molar-refractivity contribution in [2.75, 3.05) is 11.4 Å². The van der Waals surface area contributed by atoms with Crippen LogP contribution < -0.4 is 4.90 Å². The van der Waals surface area contributed by atoms with Gasteiger partial charge in [0.15, 0.2) is 0 Å². The molecule has 4 aromatic rings.